The summed E-state index contributed by atoms with van der Waals surface area (Å²) in [6.45, 7) is 1.65. The van der Waals surface area contributed by atoms with Crippen LogP contribution in [0, 0.1) is 6.92 Å². The van der Waals surface area contributed by atoms with Crippen LogP contribution in [0.3, 0.4) is 0 Å². The number of hydrogen-bond acceptors (Lipinski definition) is 5. The average molecular weight is 583 g/mol. The van der Waals surface area contributed by atoms with E-state index in [0.717, 1.165) is 9.87 Å². The van der Waals surface area contributed by atoms with Gasteiger partial charge in [0.25, 0.3) is 15.9 Å². The number of benzene rings is 4. The zero-order valence-electron chi connectivity index (χ0n) is 20.9. The van der Waals surface area contributed by atoms with E-state index in [1.807, 2.05) is 12.1 Å². The molecule has 4 aromatic rings. The summed E-state index contributed by atoms with van der Waals surface area (Å²) in [5.74, 6) is 0.0536. The fourth-order valence-electron chi connectivity index (χ4n) is 3.61. The Bertz CT molecular complexity index is 1560. The van der Waals surface area contributed by atoms with Crippen LogP contribution in [0.1, 0.15) is 16.7 Å². The number of halogens is 2. The summed E-state index contributed by atoms with van der Waals surface area (Å²) < 4.78 is 33.7. The highest BCUT2D eigenvalue weighted by Crippen LogP contribution is 2.29. The number of nitrogens with zero attached hydrogens (tertiary/aromatic N) is 2. The lowest BCUT2D eigenvalue weighted by molar-refractivity contribution is -0.119. The Balaban J connectivity index is 1.42. The summed E-state index contributed by atoms with van der Waals surface area (Å²) in [6, 6.07) is 27.3. The number of ether oxygens (including phenoxy) is 1. The quantitative estimate of drug-likeness (QED) is 0.178. The van der Waals surface area contributed by atoms with Gasteiger partial charge in [-0.05, 0) is 84.3 Å². The van der Waals surface area contributed by atoms with Gasteiger partial charge in [-0.15, -0.1) is 0 Å². The third-order valence-corrected chi connectivity index (χ3v) is 7.92. The number of anilines is 1. The Hall–Kier alpha value is -3.85. The number of nitrogens with one attached hydrogen (secondary N) is 1. The molecule has 1 amide bonds. The number of rotatable bonds is 10. The van der Waals surface area contributed by atoms with Crippen LogP contribution in [-0.4, -0.2) is 27.1 Å². The molecule has 0 aromatic heterocycles. The molecule has 1 N–H and O–H groups in total. The fourth-order valence-corrected chi connectivity index (χ4v) is 5.40. The summed E-state index contributed by atoms with van der Waals surface area (Å²) in [5, 5.41) is 5.01. The second-order valence-electron chi connectivity index (χ2n) is 8.53. The zero-order valence-corrected chi connectivity index (χ0v) is 23.2. The second-order valence-corrected chi connectivity index (χ2v) is 11.3. The van der Waals surface area contributed by atoms with Crippen LogP contribution >= 0.6 is 23.2 Å². The van der Waals surface area contributed by atoms with Gasteiger partial charge in [0.2, 0.25) is 0 Å². The number of carbonyl (C=O) groups excluding carboxylic acids is 1. The van der Waals surface area contributed by atoms with E-state index >= 15 is 0 Å². The lowest BCUT2D eigenvalue weighted by Gasteiger charge is -2.25. The summed E-state index contributed by atoms with van der Waals surface area (Å²) in [7, 11) is -4.06. The normalized spacial score (nSPS) is 11.4. The number of hydrazone groups is 1. The number of aryl methyl sites for hydroxylation is 1. The topological polar surface area (TPSA) is 88.1 Å². The highest BCUT2D eigenvalue weighted by atomic mass is 35.5. The molecule has 7 nitrogen and oxygen atoms in total. The van der Waals surface area contributed by atoms with Crippen molar-refractivity contribution in [2.75, 3.05) is 10.8 Å². The molecule has 0 bridgehead atoms. The Morgan fingerprint density at radius 3 is 2.28 bits per heavy atom. The van der Waals surface area contributed by atoms with E-state index in [1.54, 1.807) is 73.7 Å². The smallest absolute Gasteiger partial charge is 0.264 e. The van der Waals surface area contributed by atoms with Crippen LogP contribution in [0.2, 0.25) is 10.0 Å². The monoisotopic (exact) mass is 581 g/mol. The van der Waals surface area contributed by atoms with Gasteiger partial charge in [-0.2, -0.15) is 5.10 Å². The van der Waals surface area contributed by atoms with Gasteiger partial charge in [-0.1, -0.05) is 59.6 Å². The largest absolute Gasteiger partial charge is 0.489 e. The maximum atomic E-state index is 13.5. The first-order valence-corrected chi connectivity index (χ1v) is 14.0. The zero-order chi connectivity index (χ0) is 27.8. The van der Waals surface area contributed by atoms with Crippen LogP contribution in [0.4, 0.5) is 5.69 Å². The first-order chi connectivity index (χ1) is 18.7. The van der Waals surface area contributed by atoms with Crippen molar-refractivity contribution >= 4 is 51.0 Å². The number of sulfonamides is 1. The van der Waals surface area contributed by atoms with Crippen LogP contribution < -0.4 is 14.5 Å². The molecule has 0 aliphatic heterocycles. The predicted octanol–water partition coefficient (Wildman–Crippen LogP) is 6.23. The standard InChI is InChI=1S/C29H25Cl2N3O4S/c1-21-7-12-25(31)17-28(21)34(39(36,37)27-5-3-2-4-6-27)19-29(35)33-32-18-22-10-15-26(16-11-22)38-20-23-8-13-24(30)14-9-23/h2-18H,19-20H2,1H3,(H,33,35)/b32-18-. The van der Waals surface area contributed by atoms with E-state index in [2.05, 4.69) is 10.5 Å². The molecule has 10 heteroatoms. The molecule has 200 valence electrons. The molecular formula is C29H25Cl2N3O4S. The minimum absolute atomic E-state index is 0.0547. The van der Waals surface area contributed by atoms with E-state index in [9.17, 15) is 13.2 Å². The van der Waals surface area contributed by atoms with Crippen molar-refractivity contribution in [3.63, 3.8) is 0 Å². The predicted molar refractivity (Wildman–Crippen MR) is 155 cm³/mol. The van der Waals surface area contributed by atoms with Gasteiger partial charge in [-0.3, -0.25) is 9.10 Å². The molecule has 4 rings (SSSR count). The lowest BCUT2D eigenvalue weighted by atomic mass is 10.2. The number of carbonyl (C=O) groups is 1. The number of hydrogen-bond donors (Lipinski definition) is 1. The van der Waals surface area contributed by atoms with Crippen molar-refractivity contribution in [2.45, 2.75) is 18.4 Å². The summed E-state index contributed by atoms with van der Waals surface area (Å²) in [6.07, 6.45) is 1.46. The van der Waals surface area contributed by atoms with Gasteiger partial charge in [0.15, 0.2) is 0 Å². The third kappa shape index (κ3) is 7.60. The molecule has 0 aliphatic carbocycles. The minimum Gasteiger partial charge on any atom is -0.489 e. The van der Waals surface area contributed by atoms with Crippen molar-refractivity contribution < 1.29 is 17.9 Å². The third-order valence-electron chi connectivity index (χ3n) is 5.66. The van der Waals surface area contributed by atoms with E-state index in [1.165, 1.54) is 24.4 Å². The Morgan fingerprint density at radius 1 is 0.923 bits per heavy atom. The van der Waals surface area contributed by atoms with Crippen molar-refractivity contribution in [3.8, 4) is 5.75 Å². The van der Waals surface area contributed by atoms with E-state index in [-0.39, 0.29) is 4.90 Å². The molecule has 0 aliphatic rings. The molecule has 0 saturated carbocycles. The first kappa shape index (κ1) is 28.2. The van der Waals surface area contributed by atoms with Gasteiger partial charge < -0.3 is 4.74 Å². The molecule has 0 atom stereocenters. The summed E-state index contributed by atoms with van der Waals surface area (Å²) in [4.78, 5) is 12.8. The highest BCUT2D eigenvalue weighted by molar-refractivity contribution is 7.92. The molecule has 0 spiro atoms. The molecular weight excluding hydrogens is 557 g/mol. The van der Waals surface area contributed by atoms with Crippen LogP contribution in [0.25, 0.3) is 0 Å². The van der Waals surface area contributed by atoms with E-state index in [4.69, 9.17) is 27.9 Å². The van der Waals surface area contributed by atoms with Crippen LogP contribution in [0.15, 0.2) is 107 Å². The minimum atomic E-state index is -4.06. The molecule has 39 heavy (non-hydrogen) atoms. The van der Waals surface area contributed by atoms with Gasteiger partial charge in [0, 0.05) is 10.0 Å². The summed E-state index contributed by atoms with van der Waals surface area (Å²) in [5.41, 5.74) is 5.06. The van der Waals surface area contributed by atoms with E-state index in [0.29, 0.717) is 39.2 Å². The number of amides is 1. The molecule has 0 fully saturated rings. The van der Waals surface area contributed by atoms with Gasteiger partial charge >= 0.3 is 0 Å². The highest BCUT2D eigenvalue weighted by Gasteiger charge is 2.28. The SMILES string of the molecule is Cc1ccc(Cl)cc1N(CC(=O)N/N=C\c1ccc(OCc2ccc(Cl)cc2)cc1)S(=O)(=O)c1ccccc1. The Labute approximate surface area is 237 Å². The fraction of sp³-hybridized carbons (Fsp3) is 0.103. The average Bonchev–Trinajstić information content (AvgIpc) is 2.94. The maximum absolute atomic E-state index is 13.5. The molecule has 0 heterocycles. The van der Waals surface area contributed by atoms with Crippen LogP contribution in [-0.2, 0) is 21.4 Å². The molecule has 0 saturated heterocycles. The van der Waals surface area contributed by atoms with Crippen molar-refractivity contribution in [1.82, 2.24) is 5.43 Å². The van der Waals surface area contributed by atoms with E-state index < -0.39 is 22.5 Å². The summed E-state index contributed by atoms with van der Waals surface area (Å²) >= 11 is 12.1. The van der Waals surface area contributed by atoms with Crippen LogP contribution in [0.5, 0.6) is 5.75 Å². The Kier molecular flexibility index (Phi) is 9.24. The van der Waals surface area contributed by atoms with Gasteiger partial charge in [-0.25, -0.2) is 13.8 Å². The molecule has 0 radical (unpaired) electrons. The van der Waals surface area contributed by atoms with Crippen molar-refractivity contribution in [2.24, 2.45) is 5.10 Å². The first-order valence-electron chi connectivity index (χ1n) is 11.9. The second kappa shape index (κ2) is 12.8. The lowest BCUT2D eigenvalue weighted by Crippen LogP contribution is -2.40. The molecule has 0 unspecified atom stereocenters. The Morgan fingerprint density at radius 2 is 1.59 bits per heavy atom. The van der Waals surface area contributed by atoms with Gasteiger partial charge in [0.05, 0.1) is 16.8 Å². The van der Waals surface area contributed by atoms with Gasteiger partial charge in [0.1, 0.15) is 18.9 Å². The maximum Gasteiger partial charge on any atom is 0.264 e. The van der Waals surface area contributed by atoms with Crippen molar-refractivity contribution in [1.29, 1.82) is 0 Å². The van der Waals surface area contributed by atoms with Crippen molar-refractivity contribution in [3.05, 3.63) is 124 Å². The molecule has 4 aromatic carbocycles.